The van der Waals surface area contributed by atoms with Crippen molar-refractivity contribution in [2.24, 2.45) is 0 Å². The van der Waals surface area contributed by atoms with E-state index in [4.69, 9.17) is 4.52 Å². The van der Waals surface area contributed by atoms with Gasteiger partial charge in [0, 0.05) is 12.1 Å². The lowest BCUT2D eigenvalue weighted by molar-refractivity contribution is 0.327. The molecule has 2 aromatic carbocycles. The Morgan fingerprint density at radius 2 is 1.81 bits per heavy atom. The van der Waals surface area contributed by atoms with Gasteiger partial charge in [-0.05, 0) is 19.1 Å². The molecule has 0 amide bonds. The maximum Gasteiger partial charge on any atom is 0.243 e. The monoisotopic (exact) mass is 369 g/mol. The summed E-state index contributed by atoms with van der Waals surface area (Å²) in [6.07, 6.45) is 1.53. The number of hydrogen-bond donors (Lipinski definition) is 0. The van der Waals surface area contributed by atoms with Crippen molar-refractivity contribution in [1.29, 1.82) is 0 Å². The highest BCUT2D eigenvalue weighted by Gasteiger charge is 2.25. The summed E-state index contributed by atoms with van der Waals surface area (Å²) in [6.45, 7) is 5.66. The minimum atomic E-state index is -3.70. The van der Waals surface area contributed by atoms with E-state index in [9.17, 15) is 8.42 Å². The van der Waals surface area contributed by atoms with Gasteiger partial charge in [-0.15, -0.1) is 6.58 Å². The highest BCUT2D eigenvalue weighted by Crippen LogP contribution is 2.20. The van der Waals surface area contributed by atoms with E-state index in [1.807, 2.05) is 37.3 Å². The highest BCUT2D eigenvalue weighted by molar-refractivity contribution is 7.89. The van der Waals surface area contributed by atoms with Crippen LogP contribution in [0.3, 0.4) is 0 Å². The first-order valence-corrected chi connectivity index (χ1v) is 9.50. The molecule has 6 nitrogen and oxygen atoms in total. The Hall–Kier alpha value is -2.77. The molecule has 0 spiro atoms. The van der Waals surface area contributed by atoms with Crippen molar-refractivity contribution in [3.05, 3.63) is 78.7 Å². The van der Waals surface area contributed by atoms with Crippen LogP contribution in [0.2, 0.25) is 0 Å². The molecule has 0 saturated carbocycles. The summed E-state index contributed by atoms with van der Waals surface area (Å²) in [5, 5.41) is 3.93. The molecule has 134 valence electrons. The second-order valence-electron chi connectivity index (χ2n) is 5.78. The molecule has 0 radical (unpaired) electrons. The van der Waals surface area contributed by atoms with E-state index in [2.05, 4.69) is 16.7 Å². The molecule has 26 heavy (non-hydrogen) atoms. The molecule has 3 aromatic rings. The SMILES string of the molecule is C=CCN(Cc1nc(-c2ccccc2)no1)S(=O)(=O)c1ccc(C)cc1. The van der Waals surface area contributed by atoms with Gasteiger partial charge in [0.1, 0.15) is 0 Å². The second kappa shape index (κ2) is 7.63. The lowest BCUT2D eigenvalue weighted by Crippen LogP contribution is -2.31. The van der Waals surface area contributed by atoms with Crippen molar-refractivity contribution < 1.29 is 12.9 Å². The van der Waals surface area contributed by atoms with Gasteiger partial charge < -0.3 is 4.52 Å². The minimum absolute atomic E-state index is 0.0257. The number of nitrogens with zero attached hydrogens (tertiary/aromatic N) is 3. The van der Waals surface area contributed by atoms with Crippen molar-refractivity contribution in [2.75, 3.05) is 6.54 Å². The molecule has 7 heteroatoms. The van der Waals surface area contributed by atoms with E-state index in [-0.39, 0.29) is 23.9 Å². The predicted molar refractivity (Wildman–Crippen MR) is 98.7 cm³/mol. The molecular weight excluding hydrogens is 350 g/mol. The zero-order valence-electron chi connectivity index (χ0n) is 14.4. The summed E-state index contributed by atoms with van der Waals surface area (Å²) < 4.78 is 32.3. The van der Waals surface area contributed by atoms with Crippen molar-refractivity contribution in [3.8, 4) is 11.4 Å². The van der Waals surface area contributed by atoms with Crippen LogP contribution < -0.4 is 0 Å². The summed E-state index contributed by atoms with van der Waals surface area (Å²) in [4.78, 5) is 4.52. The van der Waals surface area contributed by atoms with Crippen LogP contribution >= 0.6 is 0 Å². The Morgan fingerprint density at radius 1 is 1.12 bits per heavy atom. The summed E-state index contributed by atoms with van der Waals surface area (Å²) in [7, 11) is -3.70. The summed E-state index contributed by atoms with van der Waals surface area (Å²) in [5.41, 5.74) is 1.79. The van der Waals surface area contributed by atoms with E-state index in [0.29, 0.717) is 5.82 Å². The maximum atomic E-state index is 12.9. The van der Waals surface area contributed by atoms with Crippen LogP contribution in [0, 0.1) is 6.92 Å². The fraction of sp³-hybridized carbons (Fsp3) is 0.158. The van der Waals surface area contributed by atoms with E-state index in [0.717, 1.165) is 11.1 Å². The molecule has 0 saturated heterocycles. The fourth-order valence-corrected chi connectivity index (χ4v) is 3.79. The molecule has 1 heterocycles. The van der Waals surface area contributed by atoms with Gasteiger partial charge in [-0.2, -0.15) is 9.29 Å². The molecule has 0 fully saturated rings. The van der Waals surface area contributed by atoms with Crippen molar-refractivity contribution in [3.63, 3.8) is 0 Å². The summed E-state index contributed by atoms with van der Waals surface area (Å²) in [5.74, 6) is 0.647. The molecule has 0 atom stereocenters. The van der Waals surface area contributed by atoms with E-state index >= 15 is 0 Å². The molecule has 0 aliphatic rings. The Kier molecular flexibility index (Phi) is 5.29. The van der Waals surface area contributed by atoms with E-state index < -0.39 is 10.0 Å². The Morgan fingerprint density at radius 3 is 2.46 bits per heavy atom. The first-order valence-electron chi connectivity index (χ1n) is 8.06. The standard InChI is InChI=1S/C19H19N3O3S/c1-3-13-22(26(23,24)17-11-9-15(2)10-12-17)14-18-20-19(21-25-18)16-7-5-4-6-8-16/h3-12H,1,13-14H2,2H3. The molecule has 0 N–H and O–H groups in total. The number of sulfonamides is 1. The molecule has 1 aromatic heterocycles. The van der Waals surface area contributed by atoms with Gasteiger partial charge in [0.2, 0.25) is 21.7 Å². The van der Waals surface area contributed by atoms with Crippen LogP contribution in [0.15, 0.2) is 76.7 Å². The normalized spacial score (nSPS) is 11.6. The molecule has 3 rings (SSSR count). The van der Waals surface area contributed by atoms with Crippen LogP contribution in [-0.2, 0) is 16.6 Å². The van der Waals surface area contributed by atoms with E-state index in [1.165, 1.54) is 10.4 Å². The quantitative estimate of drug-likeness (QED) is 0.597. The topological polar surface area (TPSA) is 76.3 Å². The first kappa shape index (κ1) is 18.0. The lowest BCUT2D eigenvalue weighted by Gasteiger charge is -2.18. The number of rotatable bonds is 7. The highest BCUT2D eigenvalue weighted by atomic mass is 32.2. The third kappa shape index (κ3) is 3.89. The smallest absolute Gasteiger partial charge is 0.243 e. The maximum absolute atomic E-state index is 12.9. The third-order valence-electron chi connectivity index (χ3n) is 3.80. The van der Waals surface area contributed by atoms with Gasteiger partial charge >= 0.3 is 0 Å². The molecule has 0 bridgehead atoms. The van der Waals surface area contributed by atoms with Crippen molar-refractivity contribution >= 4 is 10.0 Å². The Labute approximate surface area is 152 Å². The summed E-state index contributed by atoms with van der Waals surface area (Å²) in [6, 6.07) is 16.1. The average Bonchev–Trinajstić information content (AvgIpc) is 3.11. The molecule has 0 aliphatic heterocycles. The largest absolute Gasteiger partial charge is 0.338 e. The number of aromatic nitrogens is 2. The first-order chi connectivity index (χ1) is 12.5. The van der Waals surface area contributed by atoms with Gasteiger partial charge in [0.15, 0.2) is 0 Å². The van der Waals surface area contributed by atoms with Gasteiger partial charge in [-0.25, -0.2) is 8.42 Å². The number of benzene rings is 2. The second-order valence-corrected chi connectivity index (χ2v) is 7.71. The molecule has 0 unspecified atom stereocenters. The minimum Gasteiger partial charge on any atom is -0.338 e. The van der Waals surface area contributed by atoms with Gasteiger partial charge in [-0.1, -0.05) is 59.3 Å². The number of aryl methyl sites for hydroxylation is 1. The Balaban J connectivity index is 1.86. The molecular formula is C19H19N3O3S. The molecule has 0 aliphatic carbocycles. The average molecular weight is 369 g/mol. The van der Waals surface area contributed by atoms with Gasteiger partial charge in [0.25, 0.3) is 0 Å². The van der Waals surface area contributed by atoms with Crippen LogP contribution in [0.25, 0.3) is 11.4 Å². The van der Waals surface area contributed by atoms with Crippen LogP contribution in [-0.4, -0.2) is 29.4 Å². The van der Waals surface area contributed by atoms with Crippen molar-refractivity contribution in [2.45, 2.75) is 18.4 Å². The number of hydrogen-bond acceptors (Lipinski definition) is 5. The Bertz CT molecular complexity index is 980. The van der Waals surface area contributed by atoms with Crippen LogP contribution in [0.5, 0.6) is 0 Å². The summed E-state index contributed by atoms with van der Waals surface area (Å²) >= 11 is 0. The fourth-order valence-electron chi connectivity index (χ4n) is 2.43. The van der Waals surface area contributed by atoms with E-state index in [1.54, 1.807) is 24.3 Å². The van der Waals surface area contributed by atoms with Crippen LogP contribution in [0.1, 0.15) is 11.5 Å². The zero-order valence-corrected chi connectivity index (χ0v) is 15.2. The predicted octanol–water partition coefficient (Wildman–Crippen LogP) is 3.42. The van der Waals surface area contributed by atoms with Crippen LogP contribution in [0.4, 0.5) is 0 Å². The lowest BCUT2D eigenvalue weighted by atomic mass is 10.2. The van der Waals surface area contributed by atoms with Gasteiger partial charge in [-0.3, -0.25) is 0 Å². The zero-order chi connectivity index (χ0) is 18.6. The van der Waals surface area contributed by atoms with Crippen molar-refractivity contribution in [1.82, 2.24) is 14.4 Å². The third-order valence-corrected chi connectivity index (χ3v) is 5.63. The van der Waals surface area contributed by atoms with Gasteiger partial charge in [0.05, 0.1) is 11.4 Å².